The zero-order chi connectivity index (χ0) is 11.8. The summed E-state index contributed by atoms with van der Waals surface area (Å²) >= 11 is 6.52. The molecule has 0 aliphatic rings. The van der Waals surface area contributed by atoms with Gasteiger partial charge in [0.1, 0.15) is 16.1 Å². The maximum absolute atomic E-state index is 5.62. The summed E-state index contributed by atoms with van der Waals surface area (Å²) in [6, 6.07) is 1.97. The zero-order valence-electron chi connectivity index (χ0n) is 8.57. The Labute approximate surface area is 106 Å². The molecule has 3 rings (SSSR count). The standard InChI is InChI=1S/C10H7N5S2/c11-7(16)9-12-2-3-15(9)8-6-1-4-17-10(6)14-5-13-8/h1-5H,(H2,11,16). The van der Waals surface area contributed by atoms with Gasteiger partial charge in [0.2, 0.25) is 0 Å². The summed E-state index contributed by atoms with van der Waals surface area (Å²) < 4.78 is 1.78. The molecule has 7 heteroatoms. The smallest absolute Gasteiger partial charge is 0.173 e. The molecule has 0 unspecified atom stereocenters. The summed E-state index contributed by atoms with van der Waals surface area (Å²) in [7, 11) is 0. The second kappa shape index (κ2) is 3.86. The van der Waals surface area contributed by atoms with Crippen LogP contribution in [0.1, 0.15) is 5.82 Å². The Hall–Kier alpha value is -1.86. The largest absolute Gasteiger partial charge is 0.387 e. The van der Waals surface area contributed by atoms with Gasteiger partial charge < -0.3 is 5.73 Å². The van der Waals surface area contributed by atoms with Gasteiger partial charge in [-0.3, -0.25) is 4.57 Å². The summed E-state index contributed by atoms with van der Waals surface area (Å²) in [5.41, 5.74) is 5.62. The maximum atomic E-state index is 5.62. The van der Waals surface area contributed by atoms with Crippen molar-refractivity contribution in [2.75, 3.05) is 0 Å². The van der Waals surface area contributed by atoms with Gasteiger partial charge in [-0.2, -0.15) is 0 Å². The minimum atomic E-state index is 0.247. The molecule has 0 radical (unpaired) electrons. The molecule has 0 spiro atoms. The molecule has 84 valence electrons. The first-order chi connectivity index (χ1) is 8.27. The van der Waals surface area contributed by atoms with Gasteiger partial charge in [-0.15, -0.1) is 11.3 Å². The van der Waals surface area contributed by atoms with Crippen LogP contribution in [0, 0.1) is 0 Å². The van der Waals surface area contributed by atoms with Crippen molar-refractivity contribution in [2.45, 2.75) is 0 Å². The number of nitrogens with zero attached hydrogens (tertiary/aromatic N) is 4. The molecular weight excluding hydrogens is 254 g/mol. The van der Waals surface area contributed by atoms with Crippen LogP contribution >= 0.6 is 23.6 Å². The van der Waals surface area contributed by atoms with E-state index in [-0.39, 0.29) is 4.99 Å². The van der Waals surface area contributed by atoms with Crippen molar-refractivity contribution < 1.29 is 0 Å². The normalized spacial score (nSPS) is 10.8. The van der Waals surface area contributed by atoms with Crippen LogP contribution in [-0.2, 0) is 0 Å². The number of thiocarbonyl (C=S) groups is 1. The molecule has 17 heavy (non-hydrogen) atoms. The summed E-state index contributed by atoms with van der Waals surface area (Å²) in [5.74, 6) is 1.28. The van der Waals surface area contributed by atoms with Crippen molar-refractivity contribution in [2.24, 2.45) is 5.73 Å². The third-order valence-electron chi connectivity index (χ3n) is 2.33. The van der Waals surface area contributed by atoms with Gasteiger partial charge in [0.15, 0.2) is 11.6 Å². The topological polar surface area (TPSA) is 69.6 Å². The first-order valence-corrected chi connectivity index (χ1v) is 6.08. The molecule has 0 bridgehead atoms. The number of imidazole rings is 1. The molecular formula is C10H7N5S2. The van der Waals surface area contributed by atoms with Crippen LogP contribution in [0.5, 0.6) is 0 Å². The molecule has 2 N–H and O–H groups in total. The first kappa shape index (κ1) is 10.3. The summed E-state index contributed by atoms with van der Waals surface area (Å²) in [6.07, 6.45) is 4.96. The van der Waals surface area contributed by atoms with E-state index in [1.54, 1.807) is 28.3 Å². The minimum Gasteiger partial charge on any atom is -0.387 e. The van der Waals surface area contributed by atoms with Crippen LogP contribution in [-0.4, -0.2) is 24.5 Å². The highest BCUT2D eigenvalue weighted by Crippen LogP contribution is 2.23. The molecule has 0 fully saturated rings. The van der Waals surface area contributed by atoms with Crippen LogP contribution in [0.25, 0.3) is 16.0 Å². The van der Waals surface area contributed by atoms with Crippen molar-refractivity contribution >= 4 is 38.8 Å². The SMILES string of the molecule is NC(=S)c1nccn1-c1ncnc2sccc12. The average molecular weight is 261 g/mol. The molecule has 0 aromatic carbocycles. The number of thiophene rings is 1. The predicted octanol–water partition coefficient (Wildman–Crippen LogP) is 1.51. The molecule has 0 aliphatic heterocycles. The fourth-order valence-corrected chi connectivity index (χ4v) is 2.50. The summed E-state index contributed by atoms with van der Waals surface area (Å²) in [6.45, 7) is 0. The van der Waals surface area contributed by atoms with Gasteiger partial charge in [0, 0.05) is 12.4 Å². The lowest BCUT2D eigenvalue weighted by Gasteiger charge is -2.06. The third kappa shape index (κ3) is 1.60. The van der Waals surface area contributed by atoms with Gasteiger partial charge in [0.05, 0.1) is 5.39 Å². The Morgan fingerprint density at radius 3 is 3.06 bits per heavy atom. The molecule has 3 heterocycles. The molecule has 3 aromatic heterocycles. The molecule has 3 aromatic rings. The van der Waals surface area contributed by atoms with Gasteiger partial charge >= 0.3 is 0 Å². The van der Waals surface area contributed by atoms with E-state index < -0.39 is 0 Å². The fraction of sp³-hybridized carbons (Fsp3) is 0. The number of aromatic nitrogens is 4. The monoisotopic (exact) mass is 261 g/mol. The quantitative estimate of drug-likeness (QED) is 0.708. The fourth-order valence-electron chi connectivity index (χ4n) is 1.63. The van der Waals surface area contributed by atoms with E-state index in [2.05, 4.69) is 15.0 Å². The molecule has 0 saturated heterocycles. The molecule has 0 atom stereocenters. The number of fused-ring (bicyclic) bond motifs is 1. The zero-order valence-corrected chi connectivity index (χ0v) is 10.2. The maximum Gasteiger partial charge on any atom is 0.173 e. The summed E-state index contributed by atoms with van der Waals surface area (Å²) in [5, 5.41) is 2.94. The van der Waals surface area contributed by atoms with Gasteiger partial charge in [-0.1, -0.05) is 12.2 Å². The molecule has 0 amide bonds. The van der Waals surface area contributed by atoms with Gasteiger partial charge in [0.25, 0.3) is 0 Å². The van der Waals surface area contributed by atoms with E-state index in [9.17, 15) is 0 Å². The van der Waals surface area contributed by atoms with E-state index in [0.29, 0.717) is 5.82 Å². The molecule has 0 saturated carbocycles. The Bertz CT molecular complexity index is 699. The lowest BCUT2D eigenvalue weighted by Crippen LogP contribution is -2.16. The Morgan fingerprint density at radius 1 is 1.35 bits per heavy atom. The van der Waals surface area contributed by atoms with Crippen LogP contribution in [0.3, 0.4) is 0 Å². The van der Waals surface area contributed by atoms with Gasteiger partial charge in [-0.05, 0) is 11.4 Å². The highest BCUT2D eigenvalue weighted by molar-refractivity contribution is 7.80. The van der Waals surface area contributed by atoms with Crippen molar-refractivity contribution in [1.82, 2.24) is 19.5 Å². The van der Waals surface area contributed by atoms with E-state index in [1.165, 1.54) is 6.33 Å². The molecule has 0 aliphatic carbocycles. The second-order valence-electron chi connectivity index (χ2n) is 3.32. The average Bonchev–Trinajstić information content (AvgIpc) is 2.97. The number of hydrogen-bond donors (Lipinski definition) is 1. The predicted molar refractivity (Wildman–Crippen MR) is 70.4 cm³/mol. The number of nitrogens with two attached hydrogens (primary N) is 1. The lowest BCUT2D eigenvalue weighted by atomic mass is 10.3. The number of rotatable bonds is 2. The van der Waals surface area contributed by atoms with Crippen LogP contribution < -0.4 is 5.73 Å². The van der Waals surface area contributed by atoms with Crippen molar-refractivity contribution in [3.63, 3.8) is 0 Å². The van der Waals surface area contributed by atoms with E-state index in [0.717, 1.165) is 16.0 Å². The van der Waals surface area contributed by atoms with Crippen molar-refractivity contribution in [3.8, 4) is 5.82 Å². The Kier molecular flexibility index (Phi) is 2.34. The van der Waals surface area contributed by atoms with Gasteiger partial charge in [-0.25, -0.2) is 15.0 Å². The van der Waals surface area contributed by atoms with E-state index in [4.69, 9.17) is 18.0 Å². The second-order valence-corrected chi connectivity index (χ2v) is 4.66. The third-order valence-corrected chi connectivity index (χ3v) is 3.33. The van der Waals surface area contributed by atoms with Crippen LogP contribution in [0.4, 0.5) is 0 Å². The Balaban J connectivity index is 2.30. The van der Waals surface area contributed by atoms with E-state index in [1.807, 2.05) is 11.4 Å². The highest BCUT2D eigenvalue weighted by Gasteiger charge is 2.12. The molecule has 5 nitrogen and oxygen atoms in total. The lowest BCUT2D eigenvalue weighted by molar-refractivity contribution is 0.980. The van der Waals surface area contributed by atoms with Crippen molar-refractivity contribution in [1.29, 1.82) is 0 Å². The van der Waals surface area contributed by atoms with Crippen molar-refractivity contribution in [3.05, 3.63) is 36.0 Å². The highest BCUT2D eigenvalue weighted by atomic mass is 32.1. The Morgan fingerprint density at radius 2 is 2.24 bits per heavy atom. The minimum absolute atomic E-state index is 0.247. The first-order valence-electron chi connectivity index (χ1n) is 4.79. The van der Waals surface area contributed by atoms with Crippen LogP contribution in [0.15, 0.2) is 30.2 Å². The van der Waals surface area contributed by atoms with Crippen LogP contribution in [0.2, 0.25) is 0 Å². The number of hydrogen-bond acceptors (Lipinski definition) is 5. The van der Waals surface area contributed by atoms with E-state index >= 15 is 0 Å². The summed E-state index contributed by atoms with van der Waals surface area (Å²) in [4.78, 5) is 13.8.